The van der Waals surface area contributed by atoms with Crippen LogP contribution in [-0.2, 0) is 38.1 Å². The molecule has 2 heterocycles. The number of hydrogen-bond donors (Lipinski definition) is 4. The number of carbonyl (C=O) groups is 4. The molecule has 0 aromatic carbocycles. The Hall–Kier alpha value is -2.32. The van der Waals surface area contributed by atoms with Gasteiger partial charge in [0.15, 0.2) is 0 Å². The van der Waals surface area contributed by atoms with E-state index in [9.17, 15) is 19.2 Å². The fraction of sp³-hybridized carbons (Fsp3) is 0.871. The average Bonchev–Trinajstić information content (AvgIpc) is 3.63. The van der Waals surface area contributed by atoms with Crippen LogP contribution in [0.3, 0.4) is 0 Å². The summed E-state index contributed by atoms with van der Waals surface area (Å²) < 4.78 is 22.2. The van der Waals surface area contributed by atoms with E-state index in [4.69, 9.17) is 18.9 Å². The average molecular weight is 628 g/mol. The van der Waals surface area contributed by atoms with Gasteiger partial charge in [-0.05, 0) is 30.7 Å². The molecule has 3 amide bonds. The predicted molar refractivity (Wildman–Crippen MR) is 166 cm³/mol. The Morgan fingerprint density at radius 2 is 1.61 bits per heavy atom. The molecule has 0 aliphatic carbocycles. The lowest BCUT2D eigenvalue weighted by atomic mass is 9.85. The van der Waals surface area contributed by atoms with Gasteiger partial charge in [0.1, 0.15) is 30.8 Å². The smallest absolute Gasteiger partial charge is 0.323 e. The molecule has 0 saturated carbocycles. The maximum absolute atomic E-state index is 13.9. The molecule has 0 bridgehead atoms. The molecule has 44 heavy (non-hydrogen) atoms. The molecule has 4 N–H and O–H groups in total. The van der Waals surface area contributed by atoms with E-state index in [0.29, 0.717) is 45.4 Å². The van der Waals surface area contributed by atoms with Crippen molar-refractivity contribution in [3.63, 3.8) is 0 Å². The molecular weight excluding hydrogens is 570 g/mol. The van der Waals surface area contributed by atoms with Crippen LogP contribution in [0.1, 0.15) is 67.7 Å². The predicted octanol–water partition coefficient (Wildman–Crippen LogP) is 0.602. The van der Waals surface area contributed by atoms with E-state index >= 15 is 0 Å². The molecule has 13 heteroatoms. The number of amides is 3. The Kier molecular flexibility index (Phi) is 16.6. The van der Waals surface area contributed by atoms with Gasteiger partial charge in [-0.1, -0.05) is 48.5 Å². The molecule has 0 aromatic heterocycles. The summed E-state index contributed by atoms with van der Waals surface area (Å²) in [5.74, 6) is -1.29. The first-order valence-corrected chi connectivity index (χ1v) is 16.1. The molecule has 0 spiro atoms. The van der Waals surface area contributed by atoms with Crippen molar-refractivity contribution < 1.29 is 38.1 Å². The van der Waals surface area contributed by atoms with E-state index in [1.807, 2.05) is 34.6 Å². The molecule has 4 unspecified atom stereocenters. The van der Waals surface area contributed by atoms with Crippen molar-refractivity contribution in [2.45, 2.75) is 98.0 Å². The third-order valence-electron chi connectivity index (χ3n) is 7.36. The summed E-state index contributed by atoms with van der Waals surface area (Å²) in [6, 6.07) is -1.70. The number of rotatable bonds is 19. The lowest BCUT2D eigenvalue weighted by Gasteiger charge is -2.35. The van der Waals surface area contributed by atoms with Gasteiger partial charge in [0.25, 0.3) is 0 Å². The van der Waals surface area contributed by atoms with Crippen LogP contribution in [0.15, 0.2) is 0 Å². The highest BCUT2D eigenvalue weighted by molar-refractivity contribution is 5.93. The van der Waals surface area contributed by atoms with E-state index < -0.39 is 35.4 Å². The molecule has 254 valence electrons. The molecule has 0 aromatic rings. The normalized spacial score (nSPS) is 21.1. The number of hydrogen-bond acceptors (Lipinski definition) is 10. The quantitative estimate of drug-likeness (QED) is 0.118. The van der Waals surface area contributed by atoms with Crippen molar-refractivity contribution in [3.05, 3.63) is 0 Å². The van der Waals surface area contributed by atoms with Crippen LogP contribution < -0.4 is 21.3 Å². The number of nitrogens with zero attached hydrogens (tertiary/aromatic N) is 1. The Balaban J connectivity index is 1.90. The van der Waals surface area contributed by atoms with Gasteiger partial charge in [-0.15, -0.1) is 0 Å². The summed E-state index contributed by atoms with van der Waals surface area (Å²) in [6.45, 7) is 17.5. The monoisotopic (exact) mass is 627 g/mol. The maximum atomic E-state index is 13.9. The molecule has 2 saturated heterocycles. The van der Waals surface area contributed by atoms with Gasteiger partial charge in [0, 0.05) is 25.6 Å². The summed E-state index contributed by atoms with van der Waals surface area (Å²) in [5.41, 5.74) is -0.665. The molecule has 2 rings (SSSR count). The van der Waals surface area contributed by atoms with Crippen LogP contribution in [0.25, 0.3) is 0 Å². The first kappa shape index (κ1) is 37.9. The van der Waals surface area contributed by atoms with Crippen molar-refractivity contribution in [3.8, 4) is 0 Å². The second-order valence-corrected chi connectivity index (χ2v) is 13.3. The van der Waals surface area contributed by atoms with E-state index in [1.165, 1.54) is 4.90 Å². The van der Waals surface area contributed by atoms with Gasteiger partial charge < -0.3 is 45.1 Å². The minimum atomic E-state index is -0.927. The zero-order valence-corrected chi connectivity index (χ0v) is 27.9. The zero-order valence-electron chi connectivity index (χ0n) is 27.9. The largest absolute Gasteiger partial charge is 0.459 e. The van der Waals surface area contributed by atoms with Gasteiger partial charge >= 0.3 is 5.97 Å². The molecule has 2 fully saturated rings. The van der Waals surface area contributed by atoms with Crippen molar-refractivity contribution >= 4 is 23.7 Å². The number of esters is 1. The summed E-state index contributed by atoms with van der Waals surface area (Å²) in [5, 5.41) is 12.1. The number of ether oxygens (including phenoxy) is 4. The second-order valence-electron chi connectivity index (χ2n) is 13.3. The maximum Gasteiger partial charge on any atom is 0.323 e. The topological polar surface area (TPSA) is 157 Å². The minimum Gasteiger partial charge on any atom is -0.459 e. The van der Waals surface area contributed by atoms with Gasteiger partial charge in [-0.25, -0.2) is 0 Å². The van der Waals surface area contributed by atoms with Crippen LogP contribution in [0.5, 0.6) is 0 Å². The highest BCUT2D eigenvalue weighted by Gasteiger charge is 2.46. The lowest BCUT2D eigenvalue weighted by Crippen LogP contribution is -2.58. The van der Waals surface area contributed by atoms with Gasteiger partial charge in [-0.2, -0.15) is 0 Å². The Morgan fingerprint density at radius 1 is 0.955 bits per heavy atom. The molecule has 2 aliphatic heterocycles. The van der Waals surface area contributed by atoms with Crippen molar-refractivity contribution in [2.75, 3.05) is 65.8 Å². The van der Waals surface area contributed by atoms with E-state index in [-0.39, 0.29) is 50.0 Å². The van der Waals surface area contributed by atoms with Crippen LogP contribution in [-0.4, -0.2) is 125 Å². The van der Waals surface area contributed by atoms with Crippen LogP contribution in [0.2, 0.25) is 0 Å². The summed E-state index contributed by atoms with van der Waals surface area (Å²) in [4.78, 5) is 54.1. The first-order chi connectivity index (χ1) is 20.8. The van der Waals surface area contributed by atoms with Crippen LogP contribution in [0, 0.1) is 11.3 Å². The van der Waals surface area contributed by atoms with E-state index in [2.05, 4.69) is 35.1 Å². The zero-order chi connectivity index (χ0) is 32.7. The third kappa shape index (κ3) is 13.8. The number of carbonyl (C=O) groups excluding carboxylic acids is 4. The van der Waals surface area contributed by atoms with E-state index in [0.717, 1.165) is 19.5 Å². The number of likely N-dealkylation sites (tertiary alicyclic amines) is 1. The van der Waals surface area contributed by atoms with Crippen LogP contribution >= 0.6 is 0 Å². The minimum absolute atomic E-state index is 0.0747. The molecule has 2 aliphatic rings. The van der Waals surface area contributed by atoms with Crippen molar-refractivity contribution in [1.82, 2.24) is 26.2 Å². The highest BCUT2D eigenvalue weighted by Crippen LogP contribution is 2.28. The molecule has 0 radical (unpaired) electrons. The molecule has 4 atom stereocenters. The van der Waals surface area contributed by atoms with Gasteiger partial charge in [0.05, 0.1) is 39.6 Å². The third-order valence-corrected chi connectivity index (χ3v) is 7.36. The Bertz CT molecular complexity index is 904. The Morgan fingerprint density at radius 3 is 2.20 bits per heavy atom. The molecule has 13 nitrogen and oxygen atoms in total. The summed E-state index contributed by atoms with van der Waals surface area (Å²) in [6.07, 6.45) is 1.17. The Labute approximate surface area is 263 Å². The standard InChI is InChI=1S/C31H57N5O8/c1-21(2)18-34-28(38)25-17-23(44-30(40)24-9-8-10-33-24)19-36(25)29(39)27(31(5,6)7)35-26(37)20-43-16-15-42-14-13-41-12-11-32-22(3)4/h21-25,27,32-33H,8-20H2,1-7H3,(H,34,38)(H,35,37). The van der Waals surface area contributed by atoms with E-state index in [1.54, 1.807) is 0 Å². The van der Waals surface area contributed by atoms with Crippen LogP contribution in [0.4, 0.5) is 0 Å². The second kappa shape index (κ2) is 19.3. The van der Waals surface area contributed by atoms with Crippen molar-refractivity contribution in [2.24, 2.45) is 11.3 Å². The number of nitrogens with one attached hydrogen (secondary N) is 4. The lowest BCUT2D eigenvalue weighted by molar-refractivity contribution is -0.151. The summed E-state index contributed by atoms with van der Waals surface area (Å²) in [7, 11) is 0. The first-order valence-electron chi connectivity index (χ1n) is 16.1. The fourth-order valence-corrected chi connectivity index (χ4v) is 4.97. The summed E-state index contributed by atoms with van der Waals surface area (Å²) >= 11 is 0. The van der Waals surface area contributed by atoms with Crippen molar-refractivity contribution in [1.29, 1.82) is 0 Å². The molecular formula is C31H57N5O8. The SMILES string of the molecule is CC(C)CNC(=O)C1CC(OC(=O)C2CCCN2)CN1C(=O)C(NC(=O)COCCOCCOCCNC(C)C)C(C)(C)C. The highest BCUT2D eigenvalue weighted by atomic mass is 16.6. The van der Waals surface area contributed by atoms with Gasteiger partial charge in [0.2, 0.25) is 17.7 Å². The van der Waals surface area contributed by atoms with Gasteiger partial charge in [-0.3, -0.25) is 19.2 Å². The fourth-order valence-electron chi connectivity index (χ4n) is 4.97.